The first-order chi connectivity index (χ1) is 15.8. The molecular weight excluding hydrogens is 503 g/mol. The Kier molecular flexibility index (Phi) is 8.91. The first kappa shape index (κ1) is 25.2. The van der Waals surface area contributed by atoms with Crippen LogP contribution in [0.15, 0.2) is 82.6 Å². The van der Waals surface area contributed by atoms with Gasteiger partial charge in [-0.2, -0.15) is 0 Å². The first-order valence-corrected chi connectivity index (χ1v) is 13.0. The van der Waals surface area contributed by atoms with Crippen molar-refractivity contribution in [2.24, 2.45) is 0 Å². The third kappa shape index (κ3) is 7.04. The van der Waals surface area contributed by atoms with Gasteiger partial charge in [-0.3, -0.25) is 9.10 Å². The quantitative estimate of drug-likeness (QED) is 0.294. The number of hydrogen-bond acceptors (Lipinski definition) is 5. The molecule has 3 aromatic carbocycles. The van der Waals surface area contributed by atoms with Gasteiger partial charge in [0.2, 0.25) is 5.91 Å². The molecule has 1 N–H and O–H groups in total. The molecule has 33 heavy (non-hydrogen) atoms. The lowest BCUT2D eigenvalue weighted by Crippen LogP contribution is -2.41. The van der Waals surface area contributed by atoms with E-state index in [4.69, 9.17) is 27.9 Å². The fourth-order valence-corrected chi connectivity index (χ4v) is 5.39. The van der Waals surface area contributed by atoms with E-state index in [1.165, 1.54) is 25.3 Å². The maximum Gasteiger partial charge on any atom is 0.264 e. The Morgan fingerprint density at radius 1 is 1.00 bits per heavy atom. The number of sulfonamides is 1. The van der Waals surface area contributed by atoms with E-state index in [0.29, 0.717) is 33.8 Å². The normalized spacial score (nSPS) is 11.1. The Morgan fingerprint density at radius 2 is 1.70 bits per heavy atom. The van der Waals surface area contributed by atoms with E-state index in [0.717, 1.165) is 9.20 Å². The highest BCUT2D eigenvalue weighted by atomic mass is 35.5. The minimum absolute atomic E-state index is 0.0365. The molecule has 0 saturated carbocycles. The zero-order valence-electron chi connectivity index (χ0n) is 17.7. The number of nitrogens with zero attached hydrogens (tertiary/aromatic N) is 1. The van der Waals surface area contributed by atoms with Crippen molar-refractivity contribution in [3.05, 3.63) is 82.8 Å². The van der Waals surface area contributed by atoms with Gasteiger partial charge in [-0.15, -0.1) is 11.8 Å². The molecule has 0 radical (unpaired) electrons. The SMILES string of the molecule is COc1ccc(S(=O)(=O)N(CC(=O)NCCSc2ccc(Cl)cc2)c2cccc(Cl)c2)cc1. The van der Waals surface area contributed by atoms with Crippen LogP contribution < -0.4 is 14.4 Å². The van der Waals surface area contributed by atoms with Crippen molar-refractivity contribution in [2.75, 3.05) is 30.3 Å². The molecule has 0 aromatic heterocycles. The van der Waals surface area contributed by atoms with Crippen molar-refractivity contribution < 1.29 is 17.9 Å². The van der Waals surface area contributed by atoms with Gasteiger partial charge in [0, 0.05) is 27.2 Å². The minimum Gasteiger partial charge on any atom is -0.497 e. The molecule has 0 aliphatic heterocycles. The van der Waals surface area contributed by atoms with Crippen molar-refractivity contribution in [1.29, 1.82) is 0 Å². The molecule has 0 unspecified atom stereocenters. The summed E-state index contributed by atoms with van der Waals surface area (Å²) in [4.78, 5) is 13.7. The van der Waals surface area contributed by atoms with Crippen molar-refractivity contribution in [3.63, 3.8) is 0 Å². The number of benzene rings is 3. The maximum atomic E-state index is 13.4. The van der Waals surface area contributed by atoms with E-state index in [-0.39, 0.29) is 11.4 Å². The van der Waals surface area contributed by atoms with Crippen LogP contribution in [0.3, 0.4) is 0 Å². The highest BCUT2D eigenvalue weighted by Gasteiger charge is 2.27. The van der Waals surface area contributed by atoms with Crippen LogP contribution in [-0.2, 0) is 14.8 Å². The second-order valence-corrected chi connectivity index (χ2v) is 10.7. The standard InChI is InChI=1S/C23H22Cl2N2O4S2/c1-31-20-7-11-22(12-8-20)33(29,30)27(19-4-2-3-18(25)15-19)16-23(28)26-13-14-32-21-9-5-17(24)6-10-21/h2-12,15H,13-14,16H2,1H3,(H,26,28). The first-order valence-electron chi connectivity index (χ1n) is 9.87. The smallest absolute Gasteiger partial charge is 0.264 e. The molecule has 0 fully saturated rings. The third-order valence-corrected chi connectivity index (χ3v) is 7.83. The van der Waals surface area contributed by atoms with Gasteiger partial charge >= 0.3 is 0 Å². The molecule has 0 aliphatic carbocycles. The summed E-state index contributed by atoms with van der Waals surface area (Å²) < 4.78 is 32.9. The molecule has 3 rings (SSSR count). The molecular formula is C23H22Cl2N2O4S2. The average molecular weight is 525 g/mol. The highest BCUT2D eigenvalue weighted by Crippen LogP contribution is 2.27. The molecule has 0 heterocycles. The third-order valence-electron chi connectivity index (χ3n) is 4.54. The highest BCUT2D eigenvalue weighted by molar-refractivity contribution is 7.99. The number of carbonyl (C=O) groups excluding carboxylic acids is 1. The molecule has 174 valence electrons. The van der Waals surface area contributed by atoms with E-state index in [2.05, 4.69) is 5.32 Å². The second kappa shape index (κ2) is 11.7. The zero-order chi connectivity index (χ0) is 23.8. The number of hydrogen-bond donors (Lipinski definition) is 1. The van der Waals surface area contributed by atoms with E-state index >= 15 is 0 Å². The largest absolute Gasteiger partial charge is 0.497 e. The Hall–Kier alpha value is -2.39. The number of anilines is 1. The van der Waals surface area contributed by atoms with Crippen LogP contribution >= 0.6 is 35.0 Å². The van der Waals surface area contributed by atoms with E-state index in [1.54, 1.807) is 54.2 Å². The van der Waals surface area contributed by atoms with Crippen molar-refractivity contribution >= 4 is 56.6 Å². The van der Waals surface area contributed by atoms with Crippen LogP contribution in [0.25, 0.3) is 0 Å². The predicted molar refractivity (Wildman–Crippen MR) is 134 cm³/mol. The lowest BCUT2D eigenvalue weighted by atomic mass is 10.3. The number of methoxy groups -OCH3 is 1. The van der Waals surface area contributed by atoms with Crippen molar-refractivity contribution in [1.82, 2.24) is 5.32 Å². The van der Waals surface area contributed by atoms with Gasteiger partial charge in [0.05, 0.1) is 17.7 Å². The van der Waals surface area contributed by atoms with Gasteiger partial charge in [-0.1, -0.05) is 29.3 Å². The summed E-state index contributed by atoms with van der Waals surface area (Å²) in [5, 5.41) is 3.80. The topological polar surface area (TPSA) is 75.7 Å². The van der Waals surface area contributed by atoms with Gasteiger partial charge in [0.1, 0.15) is 12.3 Å². The van der Waals surface area contributed by atoms with Crippen LogP contribution in [0.2, 0.25) is 10.0 Å². The summed E-state index contributed by atoms with van der Waals surface area (Å²) in [5.74, 6) is 0.721. The number of amides is 1. The van der Waals surface area contributed by atoms with E-state index in [9.17, 15) is 13.2 Å². The monoisotopic (exact) mass is 524 g/mol. The lowest BCUT2D eigenvalue weighted by molar-refractivity contribution is -0.119. The number of halogens is 2. The summed E-state index contributed by atoms with van der Waals surface area (Å²) in [6, 6.07) is 19.8. The minimum atomic E-state index is -4.03. The van der Waals surface area contributed by atoms with Crippen LogP contribution in [0, 0.1) is 0 Å². The Balaban J connectivity index is 1.71. The van der Waals surface area contributed by atoms with Crippen LogP contribution in [0.4, 0.5) is 5.69 Å². The summed E-state index contributed by atoms with van der Waals surface area (Å²) >= 11 is 13.5. The van der Waals surface area contributed by atoms with Crippen LogP contribution in [0.1, 0.15) is 0 Å². The Morgan fingerprint density at radius 3 is 2.33 bits per heavy atom. The second-order valence-electron chi connectivity index (χ2n) is 6.82. The molecule has 0 spiro atoms. The van der Waals surface area contributed by atoms with Gasteiger partial charge in [-0.25, -0.2) is 8.42 Å². The molecule has 3 aromatic rings. The fraction of sp³-hybridized carbons (Fsp3) is 0.174. The number of thioether (sulfide) groups is 1. The average Bonchev–Trinajstić information content (AvgIpc) is 2.81. The lowest BCUT2D eigenvalue weighted by Gasteiger charge is -2.24. The maximum absolute atomic E-state index is 13.4. The predicted octanol–water partition coefficient (Wildman–Crippen LogP) is 5.11. The van der Waals surface area contributed by atoms with E-state index in [1.807, 2.05) is 12.1 Å². The molecule has 1 amide bonds. The number of nitrogens with one attached hydrogen (secondary N) is 1. The molecule has 6 nitrogen and oxygen atoms in total. The Bertz CT molecular complexity index is 1190. The van der Waals surface area contributed by atoms with Crippen LogP contribution in [0.5, 0.6) is 5.75 Å². The van der Waals surface area contributed by atoms with Gasteiger partial charge in [-0.05, 0) is 66.7 Å². The molecule has 0 aliphatic rings. The van der Waals surface area contributed by atoms with Gasteiger partial charge in [0.15, 0.2) is 0 Å². The summed E-state index contributed by atoms with van der Waals surface area (Å²) in [6.45, 7) is -0.0155. The van der Waals surface area contributed by atoms with Crippen molar-refractivity contribution in [3.8, 4) is 5.75 Å². The van der Waals surface area contributed by atoms with Gasteiger partial charge < -0.3 is 10.1 Å². The summed E-state index contributed by atoms with van der Waals surface area (Å²) in [6.07, 6.45) is 0. The van der Waals surface area contributed by atoms with Crippen molar-refractivity contribution in [2.45, 2.75) is 9.79 Å². The Labute approximate surface area is 207 Å². The molecule has 10 heteroatoms. The summed E-state index contributed by atoms with van der Waals surface area (Å²) in [7, 11) is -2.53. The zero-order valence-corrected chi connectivity index (χ0v) is 20.8. The molecule has 0 atom stereocenters. The number of ether oxygens (including phenoxy) is 1. The summed E-state index contributed by atoms with van der Waals surface area (Å²) in [5.41, 5.74) is 0.295. The number of rotatable bonds is 10. The fourth-order valence-electron chi connectivity index (χ4n) is 2.90. The molecule has 0 saturated heterocycles. The van der Waals surface area contributed by atoms with E-state index < -0.39 is 15.9 Å². The number of carbonyl (C=O) groups is 1. The van der Waals surface area contributed by atoms with Crippen LogP contribution in [-0.4, -0.2) is 40.3 Å². The molecule has 0 bridgehead atoms. The van der Waals surface area contributed by atoms with Gasteiger partial charge in [0.25, 0.3) is 10.0 Å².